The number of benzene rings is 2. The zero-order valence-electron chi connectivity index (χ0n) is 14.0. The third-order valence-electron chi connectivity index (χ3n) is 3.42. The van der Waals surface area contributed by atoms with Crippen molar-refractivity contribution in [1.29, 1.82) is 0 Å². The molecule has 0 spiro atoms. The lowest BCUT2D eigenvalue weighted by atomic mass is 10.1. The van der Waals surface area contributed by atoms with E-state index in [0.29, 0.717) is 12.5 Å². The van der Waals surface area contributed by atoms with Gasteiger partial charge in [0, 0.05) is 15.8 Å². The standard InChI is InChI=1S/C19H23BrN2O2/c1-14(2)11-12-24-16-9-7-15(8-10-16)22-19(23)13-21-18-6-4-3-5-17(18)20/h3-10,14,21H,11-13H2,1-2H3,(H,22,23). The van der Waals surface area contributed by atoms with Gasteiger partial charge in [-0.05, 0) is 64.7 Å². The molecule has 0 aliphatic carbocycles. The third kappa shape index (κ3) is 6.24. The van der Waals surface area contributed by atoms with Crippen LogP contribution >= 0.6 is 15.9 Å². The smallest absolute Gasteiger partial charge is 0.243 e. The number of rotatable bonds is 8. The number of hydrogen-bond acceptors (Lipinski definition) is 3. The first-order chi connectivity index (χ1) is 11.5. The van der Waals surface area contributed by atoms with E-state index in [-0.39, 0.29) is 12.5 Å². The number of amides is 1. The third-order valence-corrected chi connectivity index (χ3v) is 4.11. The van der Waals surface area contributed by atoms with Crippen LogP contribution in [0.5, 0.6) is 5.75 Å². The predicted molar refractivity (Wildman–Crippen MR) is 103 cm³/mol. The topological polar surface area (TPSA) is 50.4 Å². The molecule has 0 unspecified atom stereocenters. The minimum absolute atomic E-state index is 0.0979. The van der Waals surface area contributed by atoms with Gasteiger partial charge in [0.2, 0.25) is 5.91 Å². The fraction of sp³-hybridized carbons (Fsp3) is 0.316. The second-order valence-electron chi connectivity index (χ2n) is 5.94. The van der Waals surface area contributed by atoms with Gasteiger partial charge < -0.3 is 15.4 Å². The highest BCUT2D eigenvalue weighted by atomic mass is 79.9. The van der Waals surface area contributed by atoms with Gasteiger partial charge in [-0.1, -0.05) is 26.0 Å². The van der Waals surface area contributed by atoms with Crippen molar-refractivity contribution in [3.05, 3.63) is 53.0 Å². The normalized spacial score (nSPS) is 10.5. The Kier molecular flexibility index (Phi) is 7.12. The molecular weight excluding hydrogens is 368 g/mol. The molecule has 0 radical (unpaired) electrons. The van der Waals surface area contributed by atoms with Crippen molar-refractivity contribution in [1.82, 2.24) is 0 Å². The Balaban J connectivity index is 1.78. The number of carbonyl (C=O) groups is 1. The average Bonchev–Trinajstić information content (AvgIpc) is 2.55. The SMILES string of the molecule is CC(C)CCOc1ccc(NC(=O)CNc2ccccc2Br)cc1. The molecule has 0 fully saturated rings. The highest BCUT2D eigenvalue weighted by Crippen LogP contribution is 2.21. The number of hydrogen-bond donors (Lipinski definition) is 2. The summed E-state index contributed by atoms with van der Waals surface area (Å²) in [5.74, 6) is 1.35. The Hall–Kier alpha value is -2.01. The molecule has 128 valence electrons. The van der Waals surface area contributed by atoms with Crippen LogP contribution in [0.25, 0.3) is 0 Å². The van der Waals surface area contributed by atoms with Crippen LogP contribution in [0.4, 0.5) is 11.4 Å². The van der Waals surface area contributed by atoms with Gasteiger partial charge in [-0.2, -0.15) is 0 Å². The van der Waals surface area contributed by atoms with Gasteiger partial charge >= 0.3 is 0 Å². The van der Waals surface area contributed by atoms with Crippen LogP contribution in [-0.2, 0) is 4.79 Å². The van der Waals surface area contributed by atoms with Gasteiger partial charge in [-0.15, -0.1) is 0 Å². The predicted octanol–water partition coefficient (Wildman–Crippen LogP) is 4.92. The van der Waals surface area contributed by atoms with E-state index in [1.54, 1.807) is 0 Å². The molecule has 0 aromatic heterocycles. The molecule has 2 N–H and O–H groups in total. The molecule has 0 heterocycles. The van der Waals surface area contributed by atoms with Gasteiger partial charge in [0.15, 0.2) is 0 Å². The quantitative estimate of drug-likeness (QED) is 0.671. The zero-order chi connectivity index (χ0) is 17.4. The summed E-state index contributed by atoms with van der Waals surface area (Å²) in [5.41, 5.74) is 1.65. The maximum Gasteiger partial charge on any atom is 0.243 e. The molecule has 0 bridgehead atoms. The molecule has 0 aliphatic heterocycles. The van der Waals surface area contributed by atoms with Crippen LogP contribution in [0.15, 0.2) is 53.0 Å². The Labute approximate surface area is 151 Å². The number of ether oxygens (including phenoxy) is 1. The summed E-state index contributed by atoms with van der Waals surface area (Å²) in [6.07, 6.45) is 1.03. The van der Waals surface area contributed by atoms with Gasteiger partial charge in [-0.25, -0.2) is 0 Å². The number of carbonyl (C=O) groups excluding carboxylic acids is 1. The van der Waals surface area contributed by atoms with Crippen LogP contribution in [0.3, 0.4) is 0 Å². The van der Waals surface area contributed by atoms with Crippen LogP contribution in [0.2, 0.25) is 0 Å². The van der Waals surface area contributed by atoms with Gasteiger partial charge in [0.05, 0.1) is 13.2 Å². The second kappa shape index (κ2) is 9.33. The summed E-state index contributed by atoms with van der Waals surface area (Å²) >= 11 is 3.44. The van der Waals surface area contributed by atoms with E-state index >= 15 is 0 Å². The average molecular weight is 391 g/mol. The molecule has 0 atom stereocenters. The van der Waals surface area contributed by atoms with Crippen molar-refractivity contribution >= 4 is 33.2 Å². The van der Waals surface area contributed by atoms with Crippen molar-refractivity contribution in [3.8, 4) is 5.75 Å². The Bertz CT molecular complexity index is 657. The number of para-hydroxylation sites is 1. The zero-order valence-corrected chi connectivity index (χ0v) is 15.6. The molecule has 2 rings (SSSR count). The molecule has 1 amide bonds. The summed E-state index contributed by atoms with van der Waals surface area (Å²) in [6, 6.07) is 15.1. The fourth-order valence-corrected chi connectivity index (χ4v) is 2.46. The lowest BCUT2D eigenvalue weighted by molar-refractivity contribution is -0.114. The van der Waals surface area contributed by atoms with Crippen LogP contribution in [0, 0.1) is 5.92 Å². The Morgan fingerprint density at radius 3 is 2.50 bits per heavy atom. The molecule has 24 heavy (non-hydrogen) atoms. The van der Waals surface area contributed by atoms with Crippen molar-refractivity contribution in [2.75, 3.05) is 23.8 Å². The monoisotopic (exact) mass is 390 g/mol. The van der Waals surface area contributed by atoms with E-state index in [9.17, 15) is 4.79 Å². The molecule has 5 heteroatoms. The van der Waals surface area contributed by atoms with Gasteiger partial charge in [-0.3, -0.25) is 4.79 Å². The van der Waals surface area contributed by atoms with E-state index < -0.39 is 0 Å². The Morgan fingerprint density at radius 2 is 1.83 bits per heavy atom. The largest absolute Gasteiger partial charge is 0.494 e. The van der Waals surface area contributed by atoms with Crippen molar-refractivity contribution in [3.63, 3.8) is 0 Å². The number of halogens is 1. The molecule has 4 nitrogen and oxygen atoms in total. The van der Waals surface area contributed by atoms with E-state index in [4.69, 9.17) is 4.74 Å². The summed E-state index contributed by atoms with van der Waals surface area (Å²) in [7, 11) is 0. The lowest BCUT2D eigenvalue weighted by Crippen LogP contribution is -2.21. The lowest BCUT2D eigenvalue weighted by Gasteiger charge is -2.11. The molecular formula is C19H23BrN2O2. The number of anilines is 2. The molecule has 0 aliphatic rings. The van der Waals surface area contributed by atoms with Crippen molar-refractivity contribution < 1.29 is 9.53 Å². The first kappa shape index (κ1) is 18.3. The van der Waals surface area contributed by atoms with Crippen LogP contribution < -0.4 is 15.4 Å². The highest BCUT2D eigenvalue weighted by molar-refractivity contribution is 9.10. The minimum Gasteiger partial charge on any atom is -0.494 e. The van der Waals surface area contributed by atoms with E-state index in [0.717, 1.165) is 28.0 Å². The highest BCUT2D eigenvalue weighted by Gasteiger charge is 2.04. The Morgan fingerprint density at radius 1 is 1.12 bits per heavy atom. The maximum atomic E-state index is 12.0. The molecule has 0 saturated heterocycles. The summed E-state index contributed by atoms with van der Waals surface area (Å²) in [6.45, 7) is 5.25. The first-order valence-electron chi connectivity index (χ1n) is 8.05. The van der Waals surface area contributed by atoms with Gasteiger partial charge in [0.25, 0.3) is 0 Å². The van der Waals surface area contributed by atoms with E-state index in [2.05, 4.69) is 40.4 Å². The van der Waals surface area contributed by atoms with E-state index in [1.165, 1.54) is 0 Å². The molecule has 2 aromatic rings. The summed E-state index contributed by atoms with van der Waals surface area (Å²) < 4.78 is 6.60. The fourth-order valence-electron chi connectivity index (χ4n) is 2.03. The van der Waals surface area contributed by atoms with Crippen molar-refractivity contribution in [2.24, 2.45) is 5.92 Å². The molecule has 2 aromatic carbocycles. The first-order valence-corrected chi connectivity index (χ1v) is 8.85. The maximum absolute atomic E-state index is 12.0. The molecule has 0 saturated carbocycles. The van der Waals surface area contributed by atoms with Crippen LogP contribution in [-0.4, -0.2) is 19.1 Å². The van der Waals surface area contributed by atoms with Gasteiger partial charge in [0.1, 0.15) is 5.75 Å². The number of nitrogens with one attached hydrogen (secondary N) is 2. The summed E-state index contributed by atoms with van der Waals surface area (Å²) in [4.78, 5) is 12.0. The minimum atomic E-state index is -0.0979. The van der Waals surface area contributed by atoms with E-state index in [1.807, 2.05) is 48.5 Å². The van der Waals surface area contributed by atoms with Crippen LogP contribution in [0.1, 0.15) is 20.3 Å². The van der Waals surface area contributed by atoms with Crippen molar-refractivity contribution in [2.45, 2.75) is 20.3 Å². The summed E-state index contributed by atoms with van der Waals surface area (Å²) in [5, 5.41) is 5.96. The second-order valence-corrected chi connectivity index (χ2v) is 6.79.